The Morgan fingerprint density at radius 2 is 1.36 bits per heavy atom. The Balaban J connectivity index is -0.00000137. The summed E-state index contributed by atoms with van der Waals surface area (Å²) in [6.07, 6.45) is 9.72. The van der Waals surface area contributed by atoms with Crippen LogP contribution in [0.3, 0.4) is 0 Å². The maximum atomic E-state index is 7.50. The number of nitrogens with zero attached hydrogens (tertiary/aromatic N) is 1. The molecule has 1 heterocycles. The number of unbranched alkanes of at least 4 members (excludes halogenated alkanes) is 4. The maximum absolute atomic E-state index is 7.50. The van der Waals surface area contributed by atoms with Crippen molar-refractivity contribution in [3.63, 3.8) is 0 Å². The molecule has 3 rings (SSSR count). The van der Waals surface area contributed by atoms with Crippen molar-refractivity contribution in [1.29, 1.82) is 0 Å². The third-order valence-electron chi connectivity index (χ3n) is 5.87. The van der Waals surface area contributed by atoms with Crippen molar-refractivity contribution >= 4 is 21.0 Å². The SMILES string of the molecule is C/C=C(\CCCCCCC)c1c([C](=[Cr])OCOC)c2ccccc2n1Cc1ccccc1.[C-]#[O+].[C-]#[O+].[C-]#[O+].[C-]#[O+].[C-]#[O+]. The molecule has 8 nitrogen and oxygen atoms in total. The van der Waals surface area contributed by atoms with Gasteiger partial charge >= 0.3 is 258 Å². The van der Waals surface area contributed by atoms with E-state index in [1.807, 2.05) is 0 Å². The Morgan fingerprint density at radius 1 is 0.810 bits per heavy atom. The molecule has 0 spiro atoms. The molecule has 0 saturated heterocycles. The zero-order valence-corrected chi connectivity index (χ0v) is 25.4. The van der Waals surface area contributed by atoms with Crippen LogP contribution in [0.2, 0.25) is 0 Å². The first-order valence-corrected chi connectivity index (χ1v) is 13.3. The van der Waals surface area contributed by atoms with Gasteiger partial charge in [0.2, 0.25) is 0 Å². The normalized spacial score (nSPS) is 9.31. The van der Waals surface area contributed by atoms with E-state index in [2.05, 4.69) is 128 Å². The van der Waals surface area contributed by atoms with Crippen LogP contribution < -0.4 is 0 Å². The van der Waals surface area contributed by atoms with Gasteiger partial charge in [-0.2, -0.15) is 0 Å². The Morgan fingerprint density at radius 3 is 1.90 bits per heavy atom. The molecule has 3 aromatic rings. The molecule has 0 N–H and O–H groups in total. The van der Waals surface area contributed by atoms with Gasteiger partial charge in [0.1, 0.15) is 0 Å². The molecular weight excluding hydrogens is 574 g/mol. The summed E-state index contributed by atoms with van der Waals surface area (Å²) < 4.78 is 51.9. The van der Waals surface area contributed by atoms with E-state index in [1.165, 1.54) is 59.8 Å². The number of benzene rings is 2. The average Bonchev–Trinajstić information content (AvgIpc) is 3.40. The van der Waals surface area contributed by atoms with Gasteiger partial charge in [-0.1, -0.05) is 0 Å². The fraction of sp³-hybridized carbons (Fsp3) is 0.333. The molecule has 0 atom stereocenters. The fourth-order valence-corrected chi connectivity index (χ4v) is 4.68. The summed E-state index contributed by atoms with van der Waals surface area (Å²) in [4.78, 5) is 0. The Labute approximate surface area is 257 Å². The third kappa shape index (κ3) is 14.6. The predicted molar refractivity (Wildman–Crippen MR) is 151 cm³/mol. The second-order valence-electron chi connectivity index (χ2n) is 8.13. The molecule has 0 fully saturated rings. The van der Waals surface area contributed by atoms with Crippen LogP contribution in [0.15, 0.2) is 60.7 Å². The number of methoxy groups -OCH3 is 1. The van der Waals surface area contributed by atoms with Crippen LogP contribution in [-0.2, 0) is 55.1 Å². The first-order chi connectivity index (χ1) is 20.7. The van der Waals surface area contributed by atoms with Crippen molar-refractivity contribution in [1.82, 2.24) is 4.57 Å². The zero-order valence-electron chi connectivity index (χ0n) is 24.1. The first-order valence-electron chi connectivity index (χ1n) is 12.7. The van der Waals surface area contributed by atoms with Crippen molar-refractivity contribution in [2.24, 2.45) is 0 Å². The minimum absolute atomic E-state index is 0.224. The van der Waals surface area contributed by atoms with Crippen molar-refractivity contribution in [3.05, 3.63) is 111 Å². The van der Waals surface area contributed by atoms with Gasteiger partial charge in [0.15, 0.2) is 0 Å². The second-order valence-corrected chi connectivity index (χ2v) is 8.71. The predicted octanol–water partition coefficient (Wildman–Crippen LogP) is 6.91. The molecule has 0 radical (unpaired) electrons. The van der Waals surface area contributed by atoms with Crippen LogP contribution in [0.1, 0.15) is 69.2 Å². The molecule has 9 heteroatoms. The molecule has 220 valence electrons. The van der Waals surface area contributed by atoms with Gasteiger partial charge in [-0.3, -0.25) is 0 Å². The first kappa shape index (κ1) is 43.2. The van der Waals surface area contributed by atoms with Gasteiger partial charge in [-0.05, 0) is 0 Å². The Bertz CT molecular complexity index is 1230. The molecule has 0 aliphatic heterocycles. The zero-order chi connectivity index (χ0) is 32.8. The number of para-hydroxylation sites is 1. The van der Waals surface area contributed by atoms with Crippen molar-refractivity contribution in [2.45, 2.75) is 58.9 Å². The average molecular weight is 610 g/mol. The van der Waals surface area contributed by atoms with Gasteiger partial charge < -0.3 is 0 Å². The van der Waals surface area contributed by atoms with Gasteiger partial charge in [-0.25, -0.2) is 0 Å². The van der Waals surface area contributed by atoms with Crippen LogP contribution in [-0.4, -0.2) is 23.0 Å². The molecule has 0 unspecified atom stereocenters. The summed E-state index contributed by atoms with van der Waals surface area (Å²) >= 11 is 3.17. The van der Waals surface area contributed by atoms with Crippen LogP contribution in [0.25, 0.3) is 16.5 Å². The van der Waals surface area contributed by atoms with E-state index in [0.29, 0.717) is 0 Å². The summed E-state index contributed by atoms with van der Waals surface area (Å²) in [6.45, 7) is 28.0. The van der Waals surface area contributed by atoms with Crippen LogP contribution in [0.5, 0.6) is 0 Å². The van der Waals surface area contributed by atoms with E-state index in [1.54, 1.807) is 7.11 Å². The molecule has 1 aromatic heterocycles. The number of hydrogen-bond donors (Lipinski definition) is 0. The minimum atomic E-state index is 0.224. The van der Waals surface area contributed by atoms with Crippen molar-refractivity contribution in [3.8, 4) is 0 Å². The monoisotopic (exact) mass is 609 g/mol. The Kier molecular flexibility index (Phi) is 31.6. The molecule has 2 aromatic carbocycles. The standard InChI is InChI=1S/C28H35NO2.5CO.Cr/c1-4-6-7-8-12-17-24(5-2)28-26(21-31-22-30-3)25-18-13-14-19-27(25)29(28)20-23-15-10-9-11-16-23;5*1-2;/h5,9-11,13-16,18-19H,4,6-8,12,17,20,22H2,1-3H3;;;;;;/b24-5+;;;;;;. The molecule has 0 aliphatic carbocycles. The number of fused-ring (bicyclic) bond motifs is 1. The van der Waals surface area contributed by atoms with Crippen LogP contribution in [0, 0.1) is 33.3 Å². The third-order valence-corrected chi connectivity index (χ3v) is 6.37. The summed E-state index contributed by atoms with van der Waals surface area (Å²) in [5, 5.41) is 1.20. The molecular formula is C33H35CrNO7. The number of aromatic nitrogens is 1. The van der Waals surface area contributed by atoms with Gasteiger partial charge in [0, 0.05) is 0 Å². The van der Waals surface area contributed by atoms with E-state index in [-0.39, 0.29) is 6.79 Å². The van der Waals surface area contributed by atoms with E-state index in [9.17, 15) is 0 Å². The van der Waals surface area contributed by atoms with Crippen LogP contribution in [0.4, 0.5) is 0 Å². The van der Waals surface area contributed by atoms with E-state index >= 15 is 0 Å². The van der Waals surface area contributed by atoms with E-state index in [0.717, 1.165) is 23.1 Å². The quantitative estimate of drug-likeness (QED) is 0.0905. The van der Waals surface area contributed by atoms with Gasteiger partial charge in [-0.15, -0.1) is 0 Å². The molecule has 0 bridgehead atoms. The molecule has 42 heavy (non-hydrogen) atoms. The molecule has 0 aliphatic rings. The summed E-state index contributed by atoms with van der Waals surface area (Å²) in [5.74, 6) is 0. The Hall–Kier alpha value is -3.26. The summed E-state index contributed by atoms with van der Waals surface area (Å²) in [7, 11) is 1.65. The van der Waals surface area contributed by atoms with Gasteiger partial charge in [0.05, 0.1) is 0 Å². The number of hydrogen-bond acceptors (Lipinski definition) is 2. The van der Waals surface area contributed by atoms with Crippen LogP contribution >= 0.6 is 0 Å². The number of ether oxygens (including phenoxy) is 2. The van der Waals surface area contributed by atoms with Gasteiger partial charge in [0.25, 0.3) is 0 Å². The summed E-state index contributed by atoms with van der Waals surface area (Å²) in [5.41, 5.74) is 6.27. The fourth-order valence-electron chi connectivity index (χ4n) is 4.28. The summed E-state index contributed by atoms with van der Waals surface area (Å²) in [6, 6.07) is 19.3. The topological polar surface area (TPSA) is 123 Å². The number of allylic oxidation sites excluding steroid dienone is 2. The van der Waals surface area contributed by atoms with E-state index in [4.69, 9.17) is 32.7 Å². The van der Waals surface area contributed by atoms with Crippen molar-refractivity contribution < 1.29 is 48.6 Å². The van der Waals surface area contributed by atoms with E-state index < -0.39 is 0 Å². The number of rotatable bonds is 13. The molecule has 0 saturated carbocycles. The second kappa shape index (κ2) is 30.7. The van der Waals surface area contributed by atoms with Crippen molar-refractivity contribution in [2.75, 3.05) is 13.9 Å². The molecule has 0 amide bonds.